The van der Waals surface area contributed by atoms with Crippen molar-refractivity contribution in [3.05, 3.63) is 72.2 Å². The molecule has 0 saturated heterocycles. The van der Waals surface area contributed by atoms with Gasteiger partial charge in [0.15, 0.2) is 6.61 Å². The molecule has 0 unspecified atom stereocenters. The molecule has 0 radical (unpaired) electrons. The molecule has 136 valence electrons. The van der Waals surface area contributed by atoms with E-state index in [1.807, 2.05) is 25.1 Å². The largest absolute Gasteiger partial charge is 0.483 e. The number of para-hydroxylation sites is 1. The van der Waals surface area contributed by atoms with Crippen LogP contribution in [0.1, 0.15) is 12.0 Å². The van der Waals surface area contributed by atoms with Crippen LogP contribution in [0.15, 0.2) is 60.8 Å². The molecule has 6 nitrogen and oxygen atoms in total. The lowest BCUT2D eigenvalue weighted by molar-refractivity contribution is -0.124. The molecule has 2 amide bonds. The summed E-state index contributed by atoms with van der Waals surface area (Å²) < 4.78 is 18.2. The van der Waals surface area contributed by atoms with Crippen LogP contribution in [0.3, 0.4) is 0 Å². The van der Waals surface area contributed by atoms with E-state index in [4.69, 9.17) is 4.74 Å². The number of aryl methyl sites for hydroxylation is 1. The fourth-order valence-electron chi connectivity index (χ4n) is 2.03. The number of carbonyl (C=O) groups is 2. The zero-order valence-corrected chi connectivity index (χ0v) is 14.3. The maximum absolute atomic E-state index is 12.8. The van der Waals surface area contributed by atoms with Crippen LogP contribution in [0.5, 0.6) is 5.75 Å². The normalized spacial score (nSPS) is 9.92. The number of halogens is 1. The highest BCUT2D eigenvalue weighted by atomic mass is 19.1. The summed E-state index contributed by atoms with van der Waals surface area (Å²) in [5.41, 5.74) is 6.67. The highest BCUT2D eigenvalue weighted by Gasteiger charge is 2.08. The predicted octanol–water partition coefficient (Wildman–Crippen LogP) is 2.68. The molecule has 0 heterocycles. The average Bonchev–Trinajstić information content (AvgIpc) is 2.61. The minimum Gasteiger partial charge on any atom is -0.483 e. The number of hydrogen-bond acceptors (Lipinski definition) is 4. The standard InChI is InChI=1S/C19H20FN3O3/c1-13-5-3-4-6-17(13)26-12-19(25)23-22-14(2)11-18(24)21-16-9-7-15(20)8-10-16/h3-10,22H,2,11-12H2,1H3,(H,21,24)(H,23,25). The molecule has 26 heavy (non-hydrogen) atoms. The smallest absolute Gasteiger partial charge is 0.276 e. The van der Waals surface area contributed by atoms with Crippen molar-refractivity contribution in [1.82, 2.24) is 10.9 Å². The van der Waals surface area contributed by atoms with E-state index in [2.05, 4.69) is 22.7 Å². The second kappa shape index (κ2) is 9.22. The molecule has 0 fully saturated rings. The lowest BCUT2D eigenvalue weighted by Gasteiger charge is -2.12. The lowest BCUT2D eigenvalue weighted by Crippen LogP contribution is -2.40. The number of hydrogen-bond donors (Lipinski definition) is 3. The molecule has 0 aromatic heterocycles. The Labute approximate surface area is 151 Å². The van der Waals surface area contributed by atoms with E-state index >= 15 is 0 Å². The molecule has 0 aliphatic rings. The Morgan fingerprint density at radius 3 is 2.42 bits per heavy atom. The van der Waals surface area contributed by atoms with Crippen molar-refractivity contribution in [2.24, 2.45) is 0 Å². The Balaban J connectivity index is 1.69. The van der Waals surface area contributed by atoms with Gasteiger partial charge in [-0.3, -0.25) is 15.0 Å². The van der Waals surface area contributed by atoms with Crippen molar-refractivity contribution in [2.75, 3.05) is 11.9 Å². The second-order valence-corrected chi connectivity index (χ2v) is 5.56. The monoisotopic (exact) mass is 357 g/mol. The van der Waals surface area contributed by atoms with Crippen molar-refractivity contribution in [3.63, 3.8) is 0 Å². The molecule has 2 rings (SSSR count). The highest BCUT2D eigenvalue weighted by Crippen LogP contribution is 2.15. The molecule has 0 atom stereocenters. The average molecular weight is 357 g/mol. The molecular weight excluding hydrogens is 337 g/mol. The molecule has 0 saturated carbocycles. The molecule has 0 bridgehead atoms. The summed E-state index contributed by atoms with van der Waals surface area (Å²) in [6.45, 7) is 5.38. The van der Waals surface area contributed by atoms with Crippen LogP contribution in [-0.4, -0.2) is 18.4 Å². The highest BCUT2D eigenvalue weighted by molar-refractivity contribution is 5.92. The zero-order chi connectivity index (χ0) is 18.9. The summed E-state index contributed by atoms with van der Waals surface area (Å²) in [6, 6.07) is 12.8. The van der Waals surface area contributed by atoms with Crippen LogP contribution in [0.4, 0.5) is 10.1 Å². The number of rotatable bonds is 8. The lowest BCUT2D eigenvalue weighted by atomic mass is 10.2. The van der Waals surface area contributed by atoms with Crippen LogP contribution in [0.25, 0.3) is 0 Å². The number of benzene rings is 2. The van der Waals surface area contributed by atoms with Crippen molar-refractivity contribution in [2.45, 2.75) is 13.3 Å². The van der Waals surface area contributed by atoms with Gasteiger partial charge in [0.05, 0.1) is 6.42 Å². The molecule has 0 aliphatic carbocycles. The van der Waals surface area contributed by atoms with Crippen LogP contribution in [-0.2, 0) is 9.59 Å². The molecular formula is C19H20FN3O3. The minimum atomic E-state index is -0.409. The Morgan fingerprint density at radius 2 is 1.73 bits per heavy atom. The number of anilines is 1. The van der Waals surface area contributed by atoms with Gasteiger partial charge in [-0.2, -0.15) is 0 Å². The van der Waals surface area contributed by atoms with Crippen molar-refractivity contribution in [3.8, 4) is 5.75 Å². The van der Waals surface area contributed by atoms with Gasteiger partial charge in [-0.25, -0.2) is 4.39 Å². The summed E-state index contributed by atoms with van der Waals surface area (Å²) >= 11 is 0. The van der Waals surface area contributed by atoms with Gasteiger partial charge >= 0.3 is 0 Å². The Hall–Kier alpha value is -3.35. The second-order valence-electron chi connectivity index (χ2n) is 5.56. The van der Waals surface area contributed by atoms with Gasteiger partial charge < -0.3 is 15.5 Å². The van der Waals surface area contributed by atoms with Crippen LogP contribution >= 0.6 is 0 Å². The molecule has 0 aliphatic heterocycles. The number of carbonyl (C=O) groups excluding carboxylic acids is 2. The van der Waals surface area contributed by atoms with Gasteiger partial charge in [0.1, 0.15) is 11.6 Å². The van der Waals surface area contributed by atoms with Crippen molar-refractivity contribution >= 4 is 17.5 Å². The van der Waals surface area contributed by atoms with Gasteiger partial charge in [0.25, 0.3) is 5.91 Å². The molecule has 2 aromatic rings. The molecule has 2 aromatic carbocycles. The van der Waals surface area contributed by atoms with E-state index in [1.165, 1.54) is 24.3 Å². The topological polar surface area (TPSA) is 79.5 Å². The van der Waals surface area contributed by atoms with Crippen LogP contribution < -0.4 is 20.9 Å². The van der Waals surface area contributed by atoms with Gasteiger partial charge in [0, 0.05) is 11.4 Å². The van der Waals surface area contributed by atoms with Gasteiger partial charge in [-0.15, -0.1) is 0 Å². The third-order valence-electron chi connectivity index (χ3n) is 3.33. The number of hydrazine groups is 1. The van der Waals surface area contributed by atoms with Crippen LogP contribution in [0, 0.1) is 12.7 Å². The van der Waals surface area contributed by atoms with E-state index in [-0.39, 0.29) is 24.8 Å². The number of ether oxygens (including phenoxy) is 1. The van der Waals surface area contributed by atoms with E-state index in [0.717, 1.165) is 5.56 Å². The molecule has 3 N–H and O–H groups in total. The first kappa shape index (κ1) is 19.0. The maximum atomic E-state index is 12.8. The SMILES string of the molecule is C=C(CC(=O)Nc1ccc(F)cc1)NNC(=O)COc1ccccc1C. The fraction of sp³-hybridized carbons (Fsp3) is 0.158. The van der Waals surface area contributed by atoms with E-state index < -0.39 is 5.91 Å². The van der Waals surface area contributed by atoms with Gasteiger partial charge in [0.2, 0.25) is 5.91 Å². The number of nitrogens with one attached hydrogen (secondary N) is 3. The third-order valence-corrected chi connectivity index (χ3v) is 3.33. The molecule has 0 spiro atoms. The summed E-state index contributed by atoms with van der Waals surface area (Å²) in [5.74, 6) is -0.516. The Kier molecular flexibility index (Phi) is 6.73. The number of amides is 2. The zero-order valence-electron chi connectivity index (χ0n) is 14.3. The minimum absolute atomic E-state index is 0.0592. The van der Waals surface area contributed by atoms with E-state index in [1.54, 1.807) is 6.07 Å². The summed E-state index contributed by atoms with van der Waals surface area (Å²) in [5, 5.41) is 2.60. The fourth-order valence-corrected chi connectivity index (χ4v) is 2.03. The van der Waals surface area contributed by atoms with Gasteiger partial charge in [-0.05, 0) is 42.8 Å². The maximum Gasteiger partial charge on any atom is 0.276 e. The summed E-state index contributed by atoms with van der Waals surface area (Å²) in [6.07, 6.45) is -0.0592. The van der Waals surface area contributed by atoms with E-state index in [0.29, 0.717) is 17.1 Å². The first-order valence-corrected chi connectivity index (χ1v) is 7.90. The first-order valence-electron chi connectivity index (χ1n) is 7.90. The Morgan fingerprint density at radius 1 is 1.04 bits per heavy atom. The quantitative estimate of drug-likeness (QED) is 0.635. The van der Waals surface area contributed by atoms with Gasteiger partial charge in [-0.1, -0.05) is 24.8 Å². The predicted molar refractivity (Wildman–Crippen MR) is 96.7 cm³/mol. The summed E-state index contributed by atoms with van der Waals surface area (Å²) in [7, 11) is 0. The van der Waals surface area contributed by atoms with Crippen LogP contribution in [0.2, 0.25) is 0 Å². The summed E-state index contributed by atoms with van der Waals surface area (Å²) in [4.78, 5) is 23.6. The Bertz CT molecular complexity index is 791. The van der Waals surface area contributed by atoms with Crippen molar-refractivity contribution < 1.29 is 18.7 Å². The van der Waals surface area contributed by atoms with Crippen molar-refractivity contribution in [1.29, 1.82) is 0 Å². The third kappa shape index (κ3) is 6.27. The molecule has 7 heteroatoms. The van der Waals surface area contributed by atoms with E-state index in [9.17, 15) is 14.0 Å². The first-order chi connectivity index (χ1) is 12.4.